The third-order valence-electron chi connectivity index (χ3n) is 4.40. The van der Waals surface area contributed by atoms with Crippen LogP contribution in [-0.4, -0.2) is 5.96 Å². The van der Waals surface area contributed by atoms with Crippen molar-refractivity contribution in [1.29, 1.82) is 0 Å². The topological polar surface area (TPSA) is 50.4 Å². The van der Waals surface area contributed by atoms with Gasteiger partial charge in [-0.05, 0) is 52.9 Å². The van der Waals surface area contributed by atoms with Crippen LogP contribution in [-0.2, 0) is 12.8 Å². The minimum Gasteiger partial charge on any atom is -0.369 e. The zero-order valence-electron chi connectivity index (χ0n) is 13.1. The maximum atomic E-state index is 6.20. The Bertz CT molecular complexity index is 1030. The van der Waals surface area contributed by atoms with E-state index in [1.165, 1.54) is 21.9 Å². The Balaban J connectivity index is 1.71. The lowest BCUT2D eigenvalue weighted by Crippen LogP contribution is -2.22. The van der Waals surface area contributed by atoms with E-state index in [2.05, 4.69) is 34.6 Å². The predicted molar refractivity (Wildman–Crippen MR) is 108 cm³/mol. The summed E-state index contributed by atoms with van der Waals surface area (Å²) >= 11 is 18.2. The number of rotatable bonds is 2. The number of nitrogens with two attached hydrogens (primary N) is 1. The molecular formula is C19H14Cl3N3. The molecule has 0 fully saturated rings. The number of aryl methyl sites for hydroxylation is 2. The van der Waals surface area contributed by atoms with Gasteiger partial charge in [0.25, 0.3) is 0 Å². The molecule has 0 bridgehead atoms. The summed E-state index contributed by atoms with van der Waals surface area (Å²) in [6.45, 7) is 0. The molecule has 0 heterocycles. The first-order valence-electron chi connectivity index (χ1n) is 7.83. The van der Waals surface area contributed by atoms with Crippen molar-refractivity contribution in [3.63, 3.8) is 0 Å². The van der Waals surface area contributed by atoms with Gasteiger partial charge in [-0.15, -0.1) is 0 Å². The van der Waals surface area contributed by atoms with Crippen LogP contribution < -0.4 is 11.1 Å². The van der Waals surface area contributed by atoms with E-state index in [0.29, 0.717) is 15.7 Å². The molecule has 3 nitrogen and oxygen atoms in total. The van der Waals surface area contributed by atoms with Gasteiger partial charge in [0.05, 0.1) is 26.4 Å². The van der Waals surface area contributed by atoms with E-state index in [1.807, 2.05) is 6.07 Å². The van der Waals surface area contributed by atoms with E-state index >= 15 is 0 Å². The van der Waals surface area contributed by atoms with Gasteiger partial charge in [0.2, 0.25) is 0 Å². The first-order valence-corrected chi connectivity index (χ1v) is 8.96. The molecule has 0 aliphatic heterocycles. The van der Waals surface area contributed by atoms with E-state index in [9.17, 15) is 0 Å². The molecule has 6 heteroatoms. The van der Waals surface area contributed by atoms with Crippen LogP contribution in [0.3, 0.4) is 0 Å². The van der Waals surface area contributed by atoms with E-state index in [-0.39, 0.29) is 11.0 Å². The standard InChI is InChI=1S/C19H14Cl3N3/c20-13-7-9-15(18(22)17(13)21)25-19(23)24-14-8-5-11-3-1-2-10-4-6-12(14)16(10)11/h1-3,5,7-9H,4,6H2,(H3,23,24,25). The molecule has 3 aromatic carbocycles. The van der Waals surface area contributed by atoms with Crippen LogP contribution in [0.4, 0.5) is 11.4 Å². The fraction of sp³-hybridized carbons (Fsp3) is 0.105. The molecule has 3 aromatic rings. The van der Waals surface area contributed by atoms with Crippen LogP contribution in [0.15, 0.2) is 47.5 Å². The molecule has 4 rings (SSSR count). The van der Waals surface area contributed by atoms with Crippen LogP contribution in [0.5, 0.6) is 0 Å². The Morgan fingerprint density at radius 3 is 2.64 bits per heavy atom. The van der Waals surface area contributed by atoms with E-state index < -0.39 is 0 Å². The van der Waals surface area contributed by atoms with Gasteiger partial charge in [-0.3, -0.25) is 0 Å². The van der Waals surface area contributed by atoms with E-state index in [0.717, 1.165) is 18.5 Å². The largest absolute Gasteiger partial charge is 0.369 e. The van der Waals surface area contributed by atoms with Crippen molar-refractivity contribution in [3.8, 4) is 0 Å². The predicted octanol–water partition coefficient (Wildman–Crippen LogP) is 5.96. The SMILES string of the molecule is NC(=Nc1ccc2cccc3c2c1CC3)Nc1ccc(Cl)c(Cl)c1Cl. The molecule has 1 aliphatic carbocycles. The Morgan fingerprint density at radius 2 is 1.80 bits per heavy atom. The maximum Gasteiger partial charge on any atom is 0.198 e. The average Bonchev–Trinajstić information content (AvgIpc) is 3.04. The number of hydrogen-bond acceptors (Lipinski definition) is 1. The molecule has 0 spiro atoms. The van der Waals surface area contributed by atoms with Crippen molar-refractivity contribution in [2.45, 2.75) is 12.8 Å². The molecule has 25 heavy (non-hydrogen) atoms. The summed E-state index contributed by atoms with van der Waals surface area (Å²) in [4.78, 5) is 4.55. The molecule has 0 atom stereocenters. The number of anilines is 1. The van der Waals surface area contributed by atoms with Crippen molar-refractivity contribution < 1.29 is 0 Å². The molecule has 0 unspecified atom stereocenters. The number of halogens is 3. The Kier molecular flexibility index (Phi) is 4.24. The number of aliphatic imine (C=N–C) groups is 1. The fourth-order valence-electron chi connectivity index (χ4n) is 3.27. The molecule has 0 saturated carbocycles. The van der Waals surface area contributed by atoms with Crippen molar-refractivity contribution in [2.75, 3.05) is 5.32 Å². The summed E-state index contributed by atoms with van der Waals surface area (Å²) in [6.07, 6.45) is 2.00. The highest BCUT2D eigenvalue weighted by Gasteiger charge is 2.17. The Hall–Kier alpha value is -1.94. The van der Waals surface area contributed by atoms with Crippen molar-refractivity contribution in [2.24, 2.45) is 10.7 Å². The Labute approximate surface area is 160 Å². The van der Waals surface area contributed by atoms with Gasteiger partial charge in [0, 0.05) is 0 Å². The summed E-state index contributed by atoms with van der Waals surface area (Å²) in [5.41, 5.74) is 10.1. The van der Waals surface area contributed by atoms with Gasteiger partial charge in [-0.1, -0.05) is 59.1 Å². The van der Waals surface area contributed by atoms with E-state index in [4.69, 9.17) is 40.5 Å². The van der Waals surface area contributed by atoms with Crippen LogP contribution in [0.2, 0.25) is 15.1 Å². The minimum absolute atomic E-state index is 0.250. The molecule has 3 N–H and O–H groups in total. The number of guanidine groups is 1. The summed E-state index contributed by atoms with van der Waals surface area (Å²) in [6, 6.07) is 13.8. The summed E-state index contributed by atoms with van der Waals surface area (Å²) in [7, 11) is 0. The lowest BCUT2D eigenvalue weighted by Gasteiger charge is -2.11. The zero-order valence-corrected chi connectivity index (χ0v) is 15.4. The molecule has 0 amide bonds. The average molecular weight is 391 g/mol. The quantitative estimate of drug-likeness (QED) is 0.322. The second-order valence-electron chi connectivity index (χ2n) is 5.92. The first kappa shape index (κ1) is 16.5. The minimum atomic E-state index is 0.250. The summed E-state index contributed by atoms with van der Waals surface area (Å²) < 4.78 is 0. The second-order valence-corrected chi connectivity index (χ2v) is 7.09. The third-order valence-corrected chi connectivity index (χ3v) is 5.69. The highest BCUT2D eigenvalue weighted by molar-refractivity contribution is 6.49. The van der Waals surface area contributed by atoms with Crippen molar-refractivity contribution >= 4 is 62.9 Å². The number of nitrogens with one attached hydrogen (secondary N) is 1. The maximum absolute atomic E-state index is 6.20. The van der Waals surface area contributed by atoms with Crippen LogP contribution in [0.1, 0.15) is 11.1 Å². The normalized spacial score (nSPS) is 13.5. The van der Waals surface area contributed by atoms with Gasteiger partial charge in [0.15, 0.2) is 5.96 Å². The highest BCUT2D eigenvalue weighted by atomic mass is 35.5. The van der Waals surface area contributed by atoms with Gasteiger partial charge in [-0.25, -0.2) is 4.99 Å². The summed E-state index contributed by atoms with van der Waals surface area (Å²) in [5.74, 6) is 0.250. The number of nitrogens with zero attached hydrogens (tertiary/aromatic N) is 1. The molecule has 0 radical (unpaired) electrons. The molecule has 0 aromatic heterocycles. The monoisotopic (exact) mass is 389 g/mol. The second kappa shape index (κ2) is 6.41. The first-order chi connectivity index (χ1) is 12.0. The smallest absolute Gasteiger partial charge is 0.198 e. The molecule has 0 saturated heterocycles. The number of benzene rings is 3. The van der Waals surface area contributed by atoms with Crippen molar-refractivity contribution in [3.05, 3.63) is 68.7 Å². The lowest BCUT2D eigenvalue weighted by atomic mass is 10.0. The van der Waals surface area contributed by atoms with Gasteiger partial charge >= 0.3 is 0 Å². The molecular weight excluding hydrogens is 377 g/mol. The Morgan fingerprint density at radius 1 is 0.960 bits per heavy atom. The van der Waals surface area contributed by atoms with Gasteiger partial charge < -0.3 is 11.1 Å². The van der Waals surface area contributed by atoms with Gasteiger partial charge in [-0.2, -0.15) is 0 Å². The number of hydrogen-bond donors (Lipinski definition) is 2. The van der Waals surface area contributed by atoms with Crippen LogP contribution in [0.25, 0.3) is 10.8 Å². The third kappa shape index (κ3) is 2.93. The van der Waals surface area contributed by atoms with Crippen LogP contribution in [0, 0.1) is 0 Å². The van der Waals surface area contributed by atoms with Crippen LogP contribution >= 0.6 is 34.8 Å². The zero-order chi connectivity index (χ0) is 17.6. The van der Waals surface area contributed by atoms with Gasteiger partial charge in [0.1, 0.15) is 0 Å². The van der Waals surface area contributed by atoms with Crippen molar-refractivity contribution in [1.82, 2.24) is 0 Å². The molecule has 126 valence electrons. The van der Waals surface area contributed by atoms with E-state index in [1.54, 1.807) is 12.1 Å². The fourth-order valence-corrected chi connectivity index (χ4v) is 3.85. The summed E-state index contributed by atoms with van der Waals surface area (Å²) in [5, 5.41) is 6.53. The lowest BCUT2D eigenvalue weighted by molar-refractivity contribution is 1.02. The molecule has 1 aliphatic rings. The highest BCUT2D eigenvalue weighted by Crippen LogP contribution is 2.38.